The molecule has 0 spiro atoms. The molecule has 50 heavy (non-hydrogen) atoms. The molecule has 1 aliphatic heterocycles. The van der Waals surface area contributed by atoms with Gasteiger partial charge in [0, 0.05) is 15.7 Å². The van der Waals surface area contributed by atoms with Crippen LogP contribution in [-0.2, 0) is 0 Å². The van der Waals surface area contributed by atoms with Gasteiger partial charge in [-0.2, -0.15) is 0 Å². The minimum atomic E-state index is 0.0626. The molecule has 0 saturated heterocycles. The van der Waals surface area contributed by atoms with Crippen molar-refractivity contribution in [1.82, 2.24) is 0 Å². The van der Waals surface area contributed by atoms with Crippen LogP contribution in [-0.4, -0.2) is 0 Å². The third-order valence-electron chi connectivity index (χ3n) is 11.0. The van der Waals surface area contributed by atoms with Crippen molar-refractivity contribution in [3.63, 3.8) is 0 Å². The molecule has 1 aliphatic rings. The lowest BCUT2D eigenvalue weighted by Gasteiger charge is -2.33. The van der Waals surface area contributed by atoms with E-state index in [9.17, 15) is 0 Å². The Hall–Kier alpha value is -5.89. The standard InChI is InChI=1S/C49H30S/c1-2-14-33-32(13-1)29-44(39-20-4-3-15-34(33)39)30-25-27-31(28-26-30)45-46-40-21-9-5-16-35(40)37-18-7-11-23-42(37)48(46)50-49-43-24-12-8-19-38(43)36-17-6-10-22-41(36)47(45)49/h1-29,45H. The highest BCUT2D eigenvalue weighted by molar-refractivity contribution is 8.00. The molecule has 0 aliphatic carbocycles. The topological polar surface area (TPSA) is 0 Å². The number of hydrogen-bond acceptors (Lipinski definition) is 1. The van der Waals surface area contributed by atoms with Gasteiger partial charge in [-0.3, -0.25) is 0 Å². The number of benzene rings is 10. The van der Waals surface area contributed by atoms with Crippen molar-refractivity contribution >= 4 is 76.4 Å². The van der Waals surface area contributed by atoms with E-state index >= 15 is 0 Å². The van der Waals surface area contributed by atoms with E-state index < -0.39 is 0 Å². The Labute approximate surface area is 294 Å². The van der Waals surface area contributed by atoms with Gasteiger partial charge in [0.1, 0.15) is 0 Å². The number of hydrogen-bond donors (Lipinski definition) is 0. The van der Waals surface area contributed by atoms with Crippen molar-refractivity contribution in [2.45, 2.75) is 15.7 Å². The average molecular weight is 651 g/mol. The first-order chi connectivity index (χ1) is 24.8. The number of rotatable bonds is 2. The average Bonchev–Trinajstić information content (AvgIpc) is 3.20. The van der Waals surface area contributed by atoms with Crippen LogP contribution in [0.3, 0.4) is 0 Å². The van der Waals surface area contributed by atoms with Crippen molar-refractivity contribution < 1.29 is 0 Å². The summed E-state index contributed by atoms with van der Waals surface area (Å²) in [5, 5.41) is 15.8. The molecule has 11 rings (SSSR count). The maximum absolute atomic E-state index is 2.40. The van der Waals surface area contributed by atoms with Crippen molar-refractivity contribution in [3.05, 3.63) is 193 Å². The van der Waals surface area contributed by atoms with Crippen LogP contribution in [0.2, 0.25) is 0 Å². The highest BCUT2D eigenvalue weighted by atomic mass is 32.2. The van der Waals surface area contributed by atoms with Crippen LogP contribution in [0.15, 0.2) is 186 Å². The molecule has 0 fully saturated rings. The molecule has 0 N–H and O–H groups in total. The van der Waals surface area contributed by atoms with Crippen molar-refractivity contribution in [3.8, 4) is 11.1 Å². The van der Waals surface area contributed by atoms with Crippen LogP contribution in [0.25, 0.3) is 75.8 Å². The summed E-state index contributed by atoms with van der Waals surface area (Å²) in [6.07, 6.45) is 0. The normalized spacial score (nSPS) is 13.0. The van der Waals surface area contributed by atoms with Gasteiger partial charge in [-0.1, -0.05) is 182 Å². The van der Waals surface area contributed by atoms with Crippen molar-refractivity contribution in [1.29, 1.82) is 0 Å². The van der Waals surface area contributed by atoms with Crippen LogP contribution in [0.1, 0.15) is 22.6 Å². The molecule has 0 aromatic heterocycles. The number of fused-ring (bicyclic) bond motifs is 15. The zero-order valence-electron chi connectivity index (χ0n) is 27.2. The molecule has 0 unspecified atom stereocenters. The molecule has 0 atom stereocenters. The summed E-state index contributed by atoms with van der Waals surface area (Å²) in [6, 6.07) is 65.6. The van der Waals surface area contributed by atoms with Gasteiger partial charge in [0.25, 0.3) is 0 Å². The van der Waals surface area contributed by atoms with E-state index in [1.807, 2.05) is 11.8 Å². The highest BCUT2D eigenvalue weighted by Gasteiger charge is 2.34. The van der Waals surface area contributed by atoms with Gasteiger partial charge in [0.2, 0.25) is 0 Å². The van der Waals surface area contributed by atoms with Crippen LogP contribution in [0.4, 0.5) is 0 Å². The predicted octanol–water partition coefficient (Wildman–Crippen LogP) is 13.9. The van der Waals surface area contributed by atoms with Crippen molar-refractivity contribution in [2.24, 2.45) is 0 Å². The zero-order chi connectivity index (χ0) is 32.8. The third-order valence-corrected chi connectivity index (χ3v) is 12.2. The Kier molecular flexibility index (Phi) is 6.05. The smallest absolute Gasteiger partial charge is 0.0375 e. The zero-order valence-corrected chi connectivity index (χ0v) is 28.0. The molecule has 1 heterocycles. The summed E-state index contributed by atoms with van der Waals surface area (Å²) in [4.78, 5) is 2.75. The monoisotopic (exact) mass is 650 g/mol. The molecular formula is C49H30S. The van der Waals surface area contributed by atoms with E-state index in [1.54, 1.807) is 0 Å². The fourth-order valence-corrected chi connectivity index (χ4v) is 10.2. The SMILES string of the molecule is c1ccc2c(c1)cc(-c1ccc(C3c4c(c5ccccc5c5ccccc45)Sc4c3c3ccccc3c3ccccc43)cc1)c1ccccc12. The fourth-order valence-electron chi connectivity index (χ4n) is 8.79. The predicted molar refractivity (Wildman–Crippen MR) is 215 cm³/mol. The summed E-state index contributed by atoms with van der Waals surface area (Å²) in [5.74, 6) is 0.0626. The molecule has 232 valence electrons. The summed E-state index contributed by atoms with van der Waals surface area (Å²) in [7, 11) is 0. The Morgan fingerprint density at radius 1 is 0.320 bits per heavy atom. The van der Waals surface area contributed by atoms with Gasteiger partial charge < -0.3 is 0 Å². The van der Waals surface area contributed by atoms with Crippen LogP contribution >= 0.6 is 11.8 Å². The van der Waals surface area contributed by atoms with Gasteiger partial charge in [0.05, 0.1) is 0 Å². The second kappa shape index (κ2) is 10.8. The molecule has 0 saturated carbocycles. The fraction of sp³-hybridized carbons (Fsp3) is 0.0204. The van der Waals surface area contributed by atoms with Crippen LogP contribution in [0.5, 0.6) is 0 Å². The third kappa shape index (κ3) is 3.96. The van der Waals surface area contributed by atoms with Gasteiger partial charge in [0.15, 0.2) is 0 Å². The van der Waals surface area contributed by atoms with Gasteiger partial charge in [-0.05, 0) is 98.5 Å². The lowest BCUT2D eigenvalue weighted by molar-refractivity contribution is 0.938. The van der Waals surface area contributed by atoms with E-state index in [2.05, 4.69) is 176 Å². The first kappa shape index (κ1) is 28.0. The molecule has 0 nitrogen and oxygen atoms in total. The van der Waals surface area contributed by atoms with Crippen LogP contribution in [0, 0.1) is 0 Å². The summed E-state index contributed by atoms with van der Waals surface area (Å²) >= 11 is 1.97. The minimum Gasteiger partial charge on any atom is -0.0881 e. The summed E-state index contributed by atoms with van der Waals surface area (Å²) in [5.41, 5.74) is 6.68. The lowest BCUT2D eigenvalue weighted by Crippen LogP contribution is -2.12. The first-order valence-electron chi connectivity index (χ1n) is 17.4. The van der Waals surface area contributed by atoms with Gasteiger partial charge in [-0.15, -0.1) is 0 Å². The quantitative estimate of drug-likeness (QED) is 0.168. The first-order valence-corrected chi connectivity index (χ1v) is 18.2. The molecular weight excluding hydrogens is 621 g/mol. The molecule has 10 aromatic rings. The largest absolute Gasteiger partial charge is 0.0881 e. The van der Waals surface area contributed by atoms with Crippen LogP contribution < -0.4 is 0 Å². The van der Waals surface area contributed by atoms with E-state index in [4.69, 9.17) is 0 Å². The maximum atomic E-state index is 2.40. The Balaban J connectivity index is 1.23. The summed E-state index contributed by atoms with van der Waals surface area (Å²) in [6.45, 7) is 0. The Morgan fingerprint density at radius 2 is 0.700 bits per heavy atom. The molecule has 0 bridgehead atoms. The van der Waals surface area contributed by atoms with Gasteiger partial charge in [-0.25, -0.2) is 0 Å². The lowest BCUT2D eigenvalue weighted by atomic mass is 9.78. The van der Waals surface area contributed by atoms with E-state index in [1.165, 1.54) is 102 Å². The van der Waals surface area contributed by atoms with E-state index in [0.29, 0.717) is 0 Å². The molecule has 0 amide bonds. The molecule has 0 radical (unpaired) electrons. The molecule has 10 aromatic carbocycles. The van der Waals surface area contributed by atoms with E-state index in [0.717, 1.165) is 0 Å². The van der Waals surface area contributed by atoms with E-state index in [-0.39, 0.29) is 5.92 Å². The minimum absolute atomic E-state index is 0.0626. The second-order valence-electron chi connectivity index (χ2n) is 13.5. The highest BCUT2D eigenvalue weighted by Crippen LogP contribution is 2.57. The summed E-state index contributed by atoms with van der Waals surface area (Å²) < 4.78 is 0. The Bertz CT molecular complexity index is 2880. The Morgan fingerprint density at radius 3 is 1.22 bits per heavy atom. The van der Waals surface area contributed by atoms with Crippen molar-refractivity contribution in [2.75, 3.05) is 0 Å². The second-order valence-corrected chi connectivity index (χ2v) is 14.5. The van der Waals surface area contributed by atoms with Gasteiger partial charge >= 0.3 is 0 Å². The maximum Gasteiger partial charge on any atom is 0.0375 e. The molecule has 1 heteroatoms.